The summed E-state index contributed by atoms with van der Waals surface area (Å²) in [7, 11) is 0. The highest BCUT2D eigenvalue weighted by atomic mass is 79.9. The van der Waals surface area contributed by atoms with E-state index in [0.717, 1.165) is 6.07 Å². The van der Waals surface area contributed by atoms with Crippen molar-refractivity contribution in [2.24, 2.45) is 0 Å². The number of nitrogens with one attached hydrogen (secondary N) is 1. The molecular formula is C21H20BrF4N3O2. The number of nitrogens with zero attached hydrogens (tertiary/aromatic N) is 2. The van der Waals surface area contributed by atoms with Gasteiger partial charge in [-0.1, -0.05) is 18.2 Å². The Kier molecular flexibility index (Phi) is 7.32. The molecule has 2 amide bonds. The third-order valence-corrected chi connectivity index (χ3v) is 5.54. The van der Waals surface area contributed by atoms with E-state index >= 15 is 0 Å². The third kappa shape index (κ3) is 5.82. The summed E-state index contributed by atoms with van der Waals surface area (Å²) in [5.41, 5.74) is -1.24. The van der Waals surface area contributed by atoms with Gasteiger partial charge in [-0.25, -0.2) is 4.39 Å². The Hall–Kier alpha value is -2.46. The first-order chi connectivity index (χ1) is 14.7. The lowest BCUT2D eigenvalue weighted by atomic mass is 10.1. The lowest BCUT2D eigenvalue weighted by molar-refractivity contribution is -0.137. The molecule has 1 aliphatic heterocycles. The van der Waals surface area contributed by atoms with Gasteiger partial charge in [-0.05, 0) is 46.6 Å². The molecule has 0 aromatic heterocycles. The minimum absolute atomic E-state index is 0.0377. The Bertz CT molecular complexity index is 968. The number of rotatable bonds is 4. The largest absolute Gasteiger partial charge is 0.418 e. The van der Waals surface area contributed by atoms with E-state index in [-0.39, 0.29) is 28.8 Å². The number of alkyl halides is 3. The molecule has 0 radical (unpaired) electrons. The number of amides is 2. The number of hydrogen-bond donors (Lipinski definition) is 1. The topological polar surface area (TPSA) is 52.7 Å². The highest BCUT2D eigenvalue weighted by Crippen LogP contribution is 2.34. The summed E-state index contributed by atoms with van der Waals surface area (Å²) in [4.78, 5) is 28.3. The van der Waals surface area contributed by atoms with Crippen molar-refractivity contribution in [3.63, 3.8) is 0 Å². The van der Waals surface area contributed by atoms with Crippen molar-refractivity contribution >= 4 is 33.4 Å². The Labute approximate surface area is 185 Å². The summed E-state index contributed by atoms with van der Waals surface area (Å²) in [6, 6.07) is 9.28. The van der Waals surface area contributed by atoms with Crippen molar-refractivity contribution in [3.8, 4) is 0 Å². The van der Waals surface area contributed by atoms with Gasteiger partial charge in [0.25, 0.3) is 5.91 Å². The molecule has 0 aliphatic carbocycles. The molecule has 0 unspecified atom stereocenters. The van der Waals surface area contributed by atoms with Gasteiger partial charge in [0.1, 0.15) is 5.82 Å². The normalized spacial score (nSPS) is 15.5. The van der Waals surface area contributed by atoms with Crippen LogP contribution >= 0.6 is 15.9 Å². The van der Waals surface area contributed by atoms with Gasteiger partial charge < -0.3 is 10.2 Å². The Morgan fingerprint density at radius 2 is 1.74 bits per heavy atom. The quantitative estimate of drug-likeness (QED) is 0.632. The molecule has 0 spiro atoms. The summed E-state index contributed by atoms with van der Waals surface area (Å²) >= 11 is 3.07. The van der Waals surface area contributed by atoms with E-state index in [1.54, 1.807) is 11.0 Å². The van der Waals surface area contributed by atoms with E-state index in [9.17, 15) is 27.2 Å². The van der Waals surface area contributed by atoms with Crippen LogP contribution in [0.2, 0.25) is 0 Å². The molecule has 3 rings (SSSR count). The molecule has 2 aromatic carbocycles. The summed E-state index contributed by atoms with van der Waals surface area (Å²) in [6.45, 7) is 1.38. The van der Waals surface area contributed by atoms with Crippen LogP contribution in [0.3, 0.4) is 0 Å². The SMILES string of the molecule is O=C(CN1CCCN(C(=O)c2cccc(Br)c2F)CC1)Nc1ccccc1C(F)(F)F. The van der Waals surface area contributed by atoms with E-state index in [4.69, 9.17) is 0 Å². The second kappa shape index (κ2) is 9.78. The minimum atomic E-state index is -4.57. The van der Waals surface area contributed by atoms with Crippen LogP contribution in [0.15, 0.2) is 46.9 Å². The van der Waals surface area contributed by atoms with Crippen molar-refractivity contribution in [2.75, 3.05) is 38.0 Å². The molecular weight excluding hydrogens is 482 g/mol. The van der Waals surface area contributed by atoms with Crippen molar-refractivity contribution < 1.29 is 27.2 Å². The highest BCUT2D eigenvalue weighted by molar-refractivity contribution is 9.10. The molecule has 0 saturated carbocycles. The van der Waals surface area contributed by atoms with Crippen molar-refractivity contribution in [3.05, 3.63) is 63.9 Å². The average Bonchev–Trinajstić information content (AvgIpc) is 2.94. The number of carbonyl (C=O) groups excluding carboxylic acids is 2. The number of hydrogen-bond acceptors (Lipinski definition) is 3. The van der Waals surface area contributed by atoms with Crippen LogP contribution < -0.4 is 5.32 Å². The monoisotopic (exact) mass is 501 g/mol. The number of anilines is 1. The molecule has 1 saturated heterocycles. The maximum atomic E-state index is 14.2. The fourth-order valence-electron chi connectivity index (χ4n) is 3.40. The average molecular weight is 502 g/mol. The number of halogens is 5. The molecule has 10 heteroatoms. The summed E-state index contributed by atoms with van der Waals surface area (Å²) < 4.78 is 53.7. The van der Waals surface area contributed by atoms with Crippen LogP contribution in [-0.2, 0) is 11.0 Å². The van der Waals surface area contributed by atoms with Crippen molar-refractivity contribution in [2.45, 2.75) is 12.6 Å². The van der Waals surface area contributed by atoms with E-state index in [0.29, 0.717) is 26.1 Å². The second-order valence-electron chi connectivity index (χ2n) is 7.11. The molecule has 1 N–H and O–H groups in total. The zero-order chi connectivity index (χ0) is 22.6. The standard InChI is InChI=1S/C21H20BrF4N3O2/c22-16-7-3-5-14(19(16)23)20(31)29-10-4-9-28(11-12-29)13-18(30)27-17-8-2-1-6-15(17)21(24,25)26/h1-3,5-8H,4,9-13H2,(H,27,30). The van der Waals surface area contributed by atoms with Crippen LogP contribution in [0, 0.1) is 5.82 Å². The van der Waals surface area contributed by atoms with Crippen LogP contribution in [-0.4, -0.2) is 54.3 Å². The summed E-state index contributed by atoms with van der Waals surface area (Å²) in [6.07, 6.45) is -4.02. The fourth-order valence-corrected chi connectivity index (χ4v) is 3.77. The van der Waals surface area contributed by atoms with Crippen molar-refractivity contribution in [1.29, 1.82) is 0 Å². The first kappa shape index (κ1) is 23.2. The first-order valence-corrected chi connectivity index (χ1v) is 10.4. The van der Waals surface area contributed by atoms with E-state index in [1.807, 2.05) is 0 Å². The van der Waals surface area contributed by atoms with Crippen molar-refractivity contribution in [1.82, 2.24) is 9.80 Å². The number of carbonyl (C=O) groups is 2. The summed E-state index contributed by atoms with van der Waals surface area (Å²) in [5, 5.41) is 2.32. The zero-order valence-corrected chi connectivity index (χ0v) is 18.0. The second-order valence-corrected chi connectivity index (χ2v) is 7.97. The van der Waals surface area contributed by atoms with Gasteiger partial charge in [0.2, 0.25) is 5.91 Å². The predicted octanol–water partition coefficient (Wildman–Crippen LogP) is 4.39. The van der Waals surface area contributed by atoms with Gasteiger partial charge in [-0.15, -0.1) is 0 Å². The predicted molar refractivity (Wildman–Crippen MR) is 111 cm³/mol. The van der Waals surface area contributed by atoms with E-state index in [2.05, 4.69) is 21.2 Å². The molecule has 31 heavy (non-hydrogen) atoms. The number of para-hydroxylation sites is 1. The van der Waals surface area contributed by atoms with Gasteiger partial charge in [-0.3, -0.25) is 14.5 Å². The molecule has 1 fully saturated rings. The first-order valence-electron chi connectivity index (χ1n) is 9.58. The van der Waals surface area contributed by atoms with Crippen LogP contribution in [0.1, 0.15) is 22.3 Å². The van der Waals surface area contributed by atoms with Crippen LogP contribution in [0.5, 0.6) is 0 Å². The molecule has 1 aliphatic rings. The van der Waals surface area contributed by atoms with Gasteiger partial charge in [0.15, 0.2) is 0 Å². The molecule has 166 valence electrons. The minimum Gasteiger partial charge on any atom is -0.337 e. The summed E-state index contributed by atoms with van der Waals surface area (Å²) in [5.74, 6) is -1.64. The van der Waals surface area contributed by atoms with Gasteiger partial charge in [0, 0.05) is 26.2 Å². The number of benzene rings is 2. The van der Waals surface area contributed by atoms with Crippen LogP contribution in [0.25, 0.3) is 0 Å². The Morgan fingerprint density at radius 1 is 1.00 bits per heavy atom. The van der Waals surface area contributed by atoms with E-state index < -0.39 is 29.4 Å². The van der Waals surface area contributed by atoms with Gasteiger partial charge in [-0.2, -0.15) is 13.2 Å². The maximum Gasteiger partial charge on any atom is 0.418 e. The smallest absolute Gasteiger partial charge is 0.337 e. The molecule has 0 atom stereocenters. The Morgan fingerprint density at radius 3 is 2.48 bits per heavy atom. The third-order valence-electron chi connectivity index (χ3n) is 4.93. The van der Waals surface area contributed by atoms with Gasteiger partial charge >= 0.3 is 6.18 Å². The molecule has 0 bridgehead atoms. The fraction of sp³-hybridized carbons (Fsp3) is 0.333. The zero-order valence-electron chi connectivity index (χ0n) is 16.4. The molecule has 5 nitrogen and oxygen atoms in total. The van der Waals surface area contributed by atoms with Gasteiger partial charge in [0.05, 0.1) is 27.8 Å². The molecule has 1 heterocycles. The highest BCUT2D eigenvalue weighted by Gasteiger charge is 2.33. The lowest BCUT2D eigenvalue weighted by Crippen LogP contribution is -2.38. The van der Waals surface area contributed by atoms with Crippen LogP contribution in [0.4, 0.5) is 23.2 Å². The lowest BCUT2D eigenvalue weighted by Gasteiger charge is -2.22. The van der Waals surface area contributed by atoms with E-state index in [1.165, 1.54) is 35.2 Å². The molecule has 2 aromatic rings. The maximum absolute atomic E-state index is 14.2. The Balaban J connectivity index is 1.60.